The monoisotopic (exact) mass is 277 g/mol. The molecule has 0 aliphatic carbocycles. The topological polar surface area (TPSA) is 80.4 Å². The molecule has 0 saturated heterocycles. The molecular formula is C14H16FN3O2. The van der Waals surface area contributed by atoms with Gasteiger partial charge in [-0.1, -0.05) is 12.1 Å². The first kappa shape index (κ1) is 14.2. The Kier molecular flexibility index (Phi) is 4.86. The summed E-state index contributed by atoms with van der Waals surface area (Å²) in [5.41, 5.74) is 6.44. The predicted molar refractivity (Wildman–Crippen MR) is 73.9 cm³/mol. The number of nitrogens with one attached hydrogen (secondary N) is 1. The molecule has 0 aliphatic rings. The number of benzene rings is 1. The third kappa shape index (κ3) is 3.43. The number of nitrogens with zero attached hydrogens (tertiary/aromatic N) is 1. The lowest BCUT2D eigenvalue weighted by molar-refractivity contribution is 0.291. The largest absolute Gasteiger partial charge is 0.454 e. The number of aliphatic hydroxyl groups is 1. The van der Waals surface area contributed by atoms with Gasteiger partial charge in [0.15, 0.2) is 11.6 Å². The van der Waals surface area contributed by atoms with Crippen LogP contribution in [0.3, 0.4) is 0 Å². The summed E-state index contributed by atoms with van der Waals surface area (Å²) in [6.07, 6.45) is 1.50. The van der Waals surface area contributed by atoms with Crippen molar-refractivity contribution >= 4 is 5.82 Å². The minimum atomic E-state index is -0.447. The first-order chi connectivity index (χ1) is 9.72. The Hall–Kier alpha value is -2.18. The molecule has 0 atom stereocenters. The number of nitrogen functional groups attached to an aromatic ring is 1. The van der Waals surface area contributed by atoms with E-state index in [0.717, 1.165) is 0 Å². The molecule has 0 radical (unpaired) electrons. The molecule has 5 nitrogen and oxygen atoms in total. The molecule has 6 heteroatoms. The summed E-state index contributed by atoms with van der Waals surface area (Å²) >= 11 is 0. The number of hydrogen-bond donors (Lipinski definition) is 3. The molecule has 20 heavy (non-hydrogen) atoms. The Morgan fingerprint density at radius 3 is 2.80 bits per heavy atom. The van der Waals surface area contributed by atoms with Gasteiger partial charge in [0.2, 0.25) is 0 Å². The number of halogens is 1. The van der Waals surface area contributed by atoms with Gasteiger partial charge in [0.25, 0.3) is 0 Å². The van der Waals surface area contributed by atoms with Crippen molar-refractivity contribution in [1.82, 2.24) is 10.3 Å². The van der Waals surface area contributed by atoms with Crippen LogP contribution in [0.5, 0.6) is 11.5 Å². The molecule has 0 aliphatic heterocycles. The first-order valence-corrected chi connectivity index (χ1v) is 6.19. The van der Waals surface area contributed by atoms with Gasteiger partial charge in [0.1, 0.15) is 11.6 Å². The van der Waals surface area contributed by atoms with Crippen molar-refractivity contribution in [2.75, 3.05) is 18.9 Å². The fourth-order valence-corrected chi connectivity index (χ4v) is 1.70. The minimum Gasteiger partial charge on any atom is -0.454 e. The van der Waals surface area contributed by atoms with Crippen LogP contribution in [0.1, 0.15) is 5.56 Å². The molecule has 0 amide bonds. The second kappa shape index (κ2) is 6.83. The van der Waals surface area contributed by atoms with E-state index in [4.69, 9.17) is 15.6 Å². The highest BCUT2D eigenvalue weighted by molar-refractivity contribution is 5.49. The molecule has 2 rings (SSSR count). The van der Waals surface area contributed by atoms with Gasteiger partial charge in [-0.05, 0) is 18.2 Å². The molecule has 1 heterocycles. The molecule has 4 N–H and O–H groups in total. The number of hydrogen-bond acceptors (Lipinski definition) is 5. The van der Waals surface area contributed by atoms with Crippen molar-refractivity contribution in [3.63, 3.8) is 0 Å². The normalized spacial score (nSPS) is 10.5. The van der Waals surface area contributed by atoms with Gasteiger partial charge < -0.3 is 20.9 Å². The molecule has 0 spiro atoms. The van der Waals surface area contributed by atoms with Gasteiger partial charge in [-0.3, -0.25) is 0 Å². The zero-order valence-corrected chi connectivity index (χ0v) is 10.8. The number of nitrogens with two attached hydrogens (primary N) is 1. The van der Waals surface area contributed by atoms with Gasteiger partial charge in [0.05, 0.1) is 12.2 Å². The van der Waals surface area contributed by atoms with Gasteiger partial charge in [-0.25, -0.2) is 9.37 Å². The Morgan fingerprint density at radius 2 is 2.05 bits per heavy atom. The predicted octanol–water partition coefficient (Wildman–Crippen LogP) is 1.68. The Bertz CT molecular complexity index is 578. The lowest BCUT2D eigenvalue weighted by Gasteiger charge is -2.13. The van der Waals surface area contributed by atoms with Crippen molar-refractivity contribution in [2.45, 2.75) is 6.54 Å². The molecule has 2 aromatic rings. The molecule has 1 aromatic heterocycles. The van der Waals surface area contributed by atoms with Crippen LogP contribution in [0.15, 0.2) is 36.5 Å². The van der Waals surface area contributed by atoms with Crippen molar-refractivity contribution < 1.29 is 14.2 Å². The maximum absolute atomic E-state index is 13.6. The molecule has 0 unspecified atom stereocenters. The van der Waals surface area contributed by atoms with E-state index in [9.17, 15) is 4.39 Å². The maximum atomic E-state index is 13.6. The Labute approximate surface area is 116 Å². The fourth-order valence-electron chi connectivity index (χ4n) is 1.70. The molecule has 0 fully saturated rings. The van der Waals surface area contributed by atoms with Crippen molar-refractivity contribution in [2.24, 2.45) is 0 Å². The van der Waals surface area contributed by atoms with Crippen LogP contribution < -0.4 is 15.8 Å². The molecule has 0 saturated carbocycles. The summed E-state index contributed by atoms with van der Waals surface area (Å²) in [5.74, 6) is 0.427. The number of para-hydroxylation sites is 1. The highest BCUT2D eigenvalue weighted by Gasteiger charge is 2.11. The van der Waals surface area contributed by atoms with Gasteiger partial charge in [0, 0.05) is 19.3 Å². The lowest BCUT2D eigenvalue weighted by atomic mass is 10.2. The van der Waals surface area contributed by atoms with Crippen molar-refractivity contribution in [3.05, 3.63) is 47.9 Å². The summed E-state index contributed by atoms with van der Waals surface area (Å²) in [6.45, 7) is 0.821. The Balaban J connectivity index is 2.23. The van der Waals surface area contributed by atoms with Crippen LogP contribution in [0.4, 0.5) is 10.2 Å². The van der Waals surface area contributed by atoms with Gasteiger partial charge in [-0.15, -0.1) is 0 Å². The van der Waals surface area contributed by atoms with E-state index in [2.05, 4.69) is 10.3 Å². The number of ether oxygens (including phenoxy) is 1. The van der Waals surface area contributed by atoms with E-state index in [-0.39, 0.29) is 12.4 Å². The van der Waals surface area contributed by atoms with Crippen LogP contribution in [-0.4, -0.2) is 23.2 Å². The Morgan fingerprint density at radius 1 is 1.25 bits per heavy atom. The standard InChI is InChI=1S/C14H16FN3O2/c15-11-3-1-2-4-13(11)20-12-5-6-18-14(16)10(12)9-17-7-8-19/h1-6,17,19H,7-9H2,(H2,16,18). The van der Waals surface area contributed by atoms with Gasteiger partial charge >= 0.3 is 0 Å². The lowest BCUT2D eigenvalue weighted by Crippen LogP contribution is -2.19. The summed E-state index contributed by atoms with van der Waals surface area (Å²) in [7, 11) is 0. The highest BCUT2D eigenvalue weighted by Crippen LogP contribution is 2.29. The number of aromatic nitrogens is 1. The molecular weight excluding hydrogens is 261 g/mol. The number of pyridine rings is 1. The zero-order valence-electron chi connectivity index (χ0n) is 10.8. The number of rotatable bonds is 6. The van der Waals surface area contributed by atoms with Crippen LogP contribution >= 0.6 is 0 Å². The van der Waals surface area contributed by atoms with Crippen LogP contribution in [0.25, 0.3) is 0 Å². The molecule has 0 bridgehead atoms. The van der Waals surface area contributed by atoms with E-state index in [1.54, 1.807) is 18.2 Å². The SMILES string of the molecule is Nc1nccc(Oc2ccccc2F)c1CNCCO. The van der Waals surface area contributed by atoms with E-state index in [0.29, 0.717) is 30.2 Å². The second-order valence-electron chi connectivity index (χ2n) is 4.11. The smallest absolute Gasteiger partial charge is 0.165 e. The summed E-state index contributed by atoms with van der Waals surface area (Å²) in [4.78, 5) is 3.98. The van der Waals surface area contributed by atoms with E-state index in [1.165, 1.54) is 18.3 Å². The zero-order chi connectivity index (χ0) is 14.4. The summed E-state index contributed by atoms with van der Waals surface area (Å²) in [5, 5.41) is 11.8. The number of anilines is 1. The maximum Gasteiger partial charge on any atom is 0.165 e. The van der Waals surface area contributed by atoms with E-state index in [1.807, 2.05) is 0 Å². The van der Waals surface area contributed by atoms with Crippen LogP contribution in [-0.2, 0) is 6.54 Å². The van der Waals surface area contributed by atoms with E-state index < -0.39 is 5.82 Å². The highest BCUT2D eigenvalue weighted by atomic mass is 19.1. The van der Waals surface area contributed by atoms with Crippen LogP contribution in [0.2, 0.25) is 0 Å². The fraction of sp³-hybridized carbons (Fsp3) is 0.214. The quantitative estimate of drug-likeness (QED) is 0.700. The second-order valence-corrected chi connectivity index (χ2v) is 4.11. The third-order valence-corrected chi connectivity index (χ3v) is 2.69. The third-order valence-electron chi connectivity index (χ3n) is 2.69. The summed E-state index contributed by atoms with van der Waals surface area (Å²) in [6, 6.07) is 7.76. The average Bonchev–Trinajstić information content (AvgIpc) is 2.44. The summed E-state index contributed by atoms with van der Waals surface area (Å²) < 4.78 is 19.1. The number of aliphatic hydroxyl groups excluding tert-OH is 1. The first-order valence-electron chi connectivity index (χ1n) is 6.19. The van der Waals surface area contributed by atoms with Crippen molar-refractivity contribution in [3.8, 4) is 11.5 Å². The average molecular weight is 277 g/mol. The van der Waals surface area contributed by atoms with E-state index >= 15 is 0 Å². The van der Waals surface area contributed by atoms with Crippen LogP contribution in [0, 0.1) is 5.82 Å². The minimum absolute atomic E-state index is 0.0175. The molecule has 106 valence electrons. The van der Waals surface area contributed by atoms with Gasteiger partial charge in [-0.2, -0.15) is 0 Å². The molecule has 1 aromatic carbocycles. The van der Waals surface area contributed by atoms with Crippen molar-refractivity contribution in [1.29, 1.82) is 0 Å².